The summed E-state index contributed by atoms with van der Waals surface area (Å²) in [6.07, 6.45) is 5.27. The van der Waals surface area contributed by atoms with E-state index in [4.69, 9.17) is 5.73 Å². The summed E-state index contributed by atoms with van der Waals surface area (Å²) in [5, 5.41) is 2.05. The van der Waals surface area contributed by atoms with Crippen molar-refractivity contribution >= 4 is 16.6 Å². The van der Waals surface area contributed by atoms with Crippen LogP contribution in [0.2, 0.25) is 0 Å². The van der Waals surface area contributed by atoms with Crippen molar-refractivity contribution in [1.82, 2.24) is 9.97 Å². The van der Waals surface area contributed by atoms with Gasteiger partial charge in [-0.1, -0.05) is 13.8 Å². The number of rotatable bonds is 0. The fourth-order valence-electron chi connectivity index (χ4n) is 1.26. The Bertz CT molecular complexity index is 383. The molecule has 0 aliphatic rings. The Balaban J connectivity index is 0.000000461. The third-order valence-electron chi connectivity index (χ3n) is 1.92. The van der Waals surface area contributed by atoms with Gasteiger partial charge in [0.2, 0.25) is 0 Å². The number of nitrogens with two attached hydrogens (primary N) is 1. The predicted molar refractivity (Wildman–Crippen MR) is 60.0 cm³/mol. The molecule has 0 unspecified atom stereocenters. The van der Waals surface area contributed by atoms with Crippen LogP contribution in [0.4, 0.5) is 5.82 Å². The van der Waals surface area contributed by atoms with Crippen molar-refractivity contribution in [3.8, 4) is 0 Å². The molecule has 0 aromatic carbocycles. The maximum absolute atomic E-state index is 5.67. The lowest BCUT2D eigenvalue weighted by molar-refractivity contribution is 1.28. The molecule has 74 valence electrons. The Labute approximate surface area is 84.0 Å². The van der Waals surface area contributed by atoms with Gasteiger partial charge in [0.15, 0.2) is 0 Å². The summed E-state index contributed by atoms with van der Waals surface area (Å²) in [7, 11) is 0. The molecule has 2 rings (SSSR count). The van der Waals surface area contributed by atoms with Crippen LogP contribution in [0.15, 0.2) is 24.7 Å². The highest BCUT2D eigenvalue weighted by molar-refractivity contribution is 5.91. The van der Waals surface area contributed by atoms with Crippen molar-refractivity contribution < 1.29 is 0 Å². The van der Waals surface area contributed by atoms with Crippen LogP contribution in [0.1, 0.15) is 19.4 Å². The second kappa shape index (κ2) is 4.56. The van der Waals surface area contributed by atoms with Crippen LogP contribution in [0.3, 0.4) is 0 Å². The van der Waals surface area contributed by atoms with Crippen molar-refractivity contribution in [2.45, 2.75) is 20.8 Å². The summed E-state index contributed by atoms with van der Waals surface area (Å²) in [5.74, 6) is 0.545. The van der Waals surface area contributed by atoms with Gasteiger partial charge in [0.1, 0.15) is 5.82 Å². The minimum absolute atomic E-state index is 0.545. The molecular formula is C11H15N3. The summed E-state index contributed by atoms with van der Waals surface area (Å²) in [6.45, 7) is 6.01. The molecule has 2 aromatic rings. The van der Waals surface area contributed by atoms with E-state index in [9.17, 15) is 0 Å². The van der Waals surface area contributed by atoms with Crippen molar-refractivity contribution in [1.29, 1.82) is 0 Å². The Morgan fingerprint density at radius 2 is 1.86 bits per heavy atom. The third-order valence-corrected chi connectivity index (χ3v) is 1.92. The largest absolute Gasteiger partial charge is 0.383 e. The molecule has 0 aliphatic heterocycles. The van der Waals surface area contributed by atoms with Crippen LogP contribution in [-0.4, -0.2) is 9.97 Å². The number of nitrogens with zero attached hydrogens (tertiary/aromatic N) is 2. The van der Waals surface area contributed by atoms with Gasteiger partial charge in [-0.25, -0.2) is 4.98 Å². The summed E-state index contributed by atoms with van der Waals surface area (Å²) >= 11 is 0. The molecule has 0 aliphatic carbocycles. The molecule has 0 saturated heterocycles. The topological polar surface area (TPSA) is 51.8 Å². The molecule has 3 heteroatoms. The van der Waals surface area contributed by atoms with E-state index in [1.165, 1.54) is 0 Å². The molecule has 2 N–H and O–H groups in total. The fraction of sp³-hybridized carbons (Fsp3) is 0.273. The molecule has 2 aromatic heterocycles. The van der Waals surface area contributed by atoms with E-state index in [-0.39, 0.29) is 0 Å². The van der Waals surface area contributed by atoms with Crippen LogP contribution in [-0.2, 0) is 0 Å². The average Bonchev–Trinajstić information content (AvgIpc) is 2.23. The molecule has 0 atom stereocenters. The number of fused-ring (bicyclic) bond motifs is 1. The van der Waals surface area contributed by atoms with Crippen LogP contribution in [0, 0.1) is 6.92 Å². The number of hydrogen-bond donors (Lipinski definition) is 1. The van der Waals surface area contributed by atoms with Crippen LogP contribution >= 0.6 is 0 Å². The van der Waals surface area contributed by atoms with Crippen LogP contribution in [0.25, 0.3) is 10.8 Å². The number of pyridine rings is 2. The van der Waals surface area contributed by atoms with Crippen LogP contribution in [0.5, 0.6) is 0 Å². The standard InChI is InChI=1S/C9H9N3.C2H6/c1-6-4-11-5-8-7(6)2-3-12-9(8)10;1-2/h2-5H,1H3,(H2,10,12);1-2H3. The Hall–Kier alpha value is -1.64. The second-order valence-electron chi connectivity index (χ2n) is 2.75. The minimum atomic E-state index is 0.545. The van der Waals surface area contributed by atoms with Crippen molar-refractivity contribution in [2.75, 3.05) is 5.73 Å². The van der Waals surface area contributed by atoms with Crippen molar-refractivity contribution in [3.63, 3.8) is 0 Å². The smallest absolute Gasteiger partial charge is 0.132 e. The number of anilines is 1. The Kier molecular flexibility index (Phi) is 3.40. The van der Waals surface area contributed by atoms with E-state index < -0.39 is 0 Å². The molecule has 0 radical (unpaired) electrons. The molecular weight excluding hydrogens is 174 g/mol. The zero-order valence-electron chi connectivity index (χ0n) is 8.78. The zero-order valence-corrected chi connectivity index (χ0v) is 8.78. The summed E-state index contributed by atoms with van der Waals surface area (Å²) in [6, 6.07) is 1.95. The lowest BCUT2D eigenvalue weighted by Gasteiger charge is -2.01. The maximum atomic E-state index is 5.67. The highest BCUT2D eigenvalue weighted by atomic mass is 14.8. The molecule has 0 spiro atoms. The third kappa shape index (κ3) is 1.82. The van der Waals surface area contributed by atoms with Gasteiger partial charge in [-0.2, -0.15) is 0 Å². The average molecular weight is 189 g/mol. The van der Waals surface area contributed by atoms with Crippen molar-refractivity contribution in [3.05, 3.63) is 30.2 Å². The Morgan fingerprint density at radius 3 is 2.50 bits per heavy atom. The highest BCUT2D eigenvalue weighted by Gasteiger charge is 1.99. The predicted octanol–water partition coefficient (Wildman–Crippen LogP) is 2.55. The SMILES string of the molecule is CC.Cc1cncc2c(N)nccc12. The fourth-order valence-corrected chi connectivity index (χ4v) is 1.26. The molecule has 0 amide bonds. The van der Waals surface area contributed by atoms with Gasteiger partial charge in [-0.05, 0) is 23.9 Å². The zero-order chi connectivity index (χ0) is 10.6. The number of nitrogen functional groups attached to an aromatic ring is 1. The summed E-state index contributed by atoms with van der Waals surface area (Å²) < 4.78 is 0. The maximum Gasteiger partial charge on any atom is 0.132 e. The van der Waals surface area contributed by atoms with Gasteiger partial charge < -0.3 is 5.73 Å². The van der Waals surface area contributed by atoms with E-state index in [1.54, 1.807) is 12.4 Å². The van der Waals surface area contributed by atoms with E-state index >= 15 is 0 Å². The first-order valence-electron chi connectivity index (χ1n) is 4.74. The van der Waals surface area contributed by atoms with Gasteiger partial charge in [0.25, 0.3) is 0 Å². The lowest BCUT2D eigenvalue weighted by Crippen LogP contribution is -1.92. The van der Waals surface area contributed by atoms with Crippen LogP contribution < -0.4 is 5.73 Å². The van der Waals surface area contributed by atoms with Gasteiger partial charge in [-0.15, -0.1) is 0 Å². The van der Waals surface area contributed by atoms with E-state index in [0.29, 0.717) is 5.82 Å². The molecule has 0 saturated carbocycles. The molecule has 0 fully saturated rings. The quantitative estimate of drug-likeness (QED) is 0.692. The molecule has 0 bridgehead atoms. The molecule has 3 nitrogen and oxygen atoms in total. The number of aromatic nitrogens is 2. The van der Waals surface area contributed by atoms with E-state index in [1.807, 2.05) is 33.0 Å². The molecule has 2 heterocycles. The summed E-state index contributed by atoms with van der Waals surface area (Å²) in [4.78, 5) is 8.04. The van der Waals surface area contributed by atoms with E-state index in [2.05, 4.69) is 9.97 Å². The van der Waals surface area contributed by atoms with Gasteiger partial charge in [0, 0.05) is 24.0 Å². The highest BCUT2D eigenvalue weighted by Crippen LogP contribution is 2.19. The second-order valence-corrected chi connectivity index (χ2v) is 2.75. The molecule has 14 heavy (non-hydrogen) atoms. The van der Waals surface area contributed by atoms with E-state index in [0.717, 1.165) is 16.3 Å². The van der Waals surface area contributed by atoms with Gasteiger partial charge >= 0.3 is 0 Å². The van der Waals surface area contributed by atoms with Gasteiger partial charge in [-0.3, -0.25) is 4.98 Å². The Morgan fingerprint density at radius 1 is 1.14 bits per heavy atom. The minimum Gasteiger partial charge on any atom is -0.383 e. The lowest BCUT2D eigenvalue weighted by atomic mass is 10.1. The van der Waals surface area contributed by atoms with Crippen molar-refractivity contribution in [2.24, 2.45) is 0 Å². The number of hydrogen-bond acceptors (Lipinski definition) is 3. The van der Waals surface area contributed by atoms with Gasteiger partial charge in [0.05, 0.1) is 0 Å². The number of aryl methyl sites for hydroxylation is 1. The monoisotopic (exact) mass is 189 g/mol. The first kappa shape index (κ1) is 10.4. The first-order valence-corrected chi connectivity index (χ1v) is 4.74. The normalized spacial score (nSPS) is 9.36. The summed E-state index contributed by atoms with van der Waals surface area (Å²) in [5.41, 5.74) is 6.80. The first-order chi connectivity index (χ1) is 6.79.